The van der Waals surface area contributed by atoms with E-state index in [0.29, 0.717) is 11.6 Å². The van der Waals surface area contributed by atoms with Gasteiger partial charge in [-0.2, -0.15) is 0 Å². The van der Waals surface area contributed by atoms with Crippen molar-refractivity contribution in [2.24, 2.45) is 10.4 Å². The molecule has 0 radical (unpaired) electrons. The van der Waals surface area contributed by atoms with Crippen molar-refractivity contribution >= 4 is 17.6 Å². The summed E-state index contributed by atoms with van der Waals surface area (Å²) in [5, 5.41) is 17.5. The van der Waals surface area contributed by atoms with Gasteiger partial charge in [-0.3, -0.25) is 4.99 Å². The maximum atomic E-state index is 10.4. The van der Waals surface area contributed by atoms with Crippen LogP contribution in [-0.2, 0) is 4.74 Å². The van der Waals surface area contributed by atoms with Crippen LogP contribution in [-0.4, -0.2) is 44.4 Å². The van der Waals surface area contributed by atoms with Gasteiger partial charge in [-0.15, -0.1) is 0 Å². The van der Waals surface area contributed by atoms with Crippen molar-refractivity contribution in [2.75, 3.05) is 33.4 Å². The molecule has 5 nitrogen and oxygen atoms in total. The highest BCUT2D eigenvalue weighted by molar-refractivity contribution is 6.31. The number of halogens is 1. The lowest BCUT2D eigenvalue weighted by Gasteiger charge is -2.27. The minimum atomic E-state index is -0.679. The first-order chi connectivity index (χ1) is 12.6. The summed E-state index contributed by atoms with van der Waals surface area (Å²) in [6.45, 7) is 4.75. The Balaban J connectivity index is 1.96. The smallest absolute Gasteiger partial charge is 0.191 e. The molecule has 26 heavy (non-hydrogen) atoms. The number of hydrogen-bond donors (Lipinski definition) is 3. The number of nitrogens with one attached hydrogen (secondary N) is 2. The fourth-order valence-corrected chi connectivity index (χ4v) is 3.83. The molecule has 0 spiro atoms. The zero-order valence-corrected chi connectivity index (χ0v) is 16.7. The van der Waals surface area contributed by atoms with Crippen molar-refractivity contribution in [3.8, 4) is 0 Å². The Hall–Kier alpha value is -1.30. The monoisotopic (exact) mass is 381 g/mol. The first-order valence-electron chi connectivity index (χ1n) is 9.54. The van der Waals surface area contributed by atoms with Crippen LogP contribution in [0, 0.1) is 5.41 Å². The number of ether oxygens (including phenoxy) is 1. The summed E-state index contributed by atoms with van der Waals surface area (Å²) in [5.41, 5.74) is 0.976. The fourth-order valence-electron chi connectivity index (χ4n) is 3.57. The van der Waals surface area contributed by atoms with Crippen LogP contribution in [0.5, 0.6) is 0 Å². The fraction of sp³-hybridized carbons (Fsp3) is 0.650. The zero-order chi connectivity index (χ0) is 18.8. The molecule has 1 aromatic carbocycles. The van der Waals surface area contributed by atoms with Gasteiger partial charge in [0.25, 0.3) is 0 Å². The minimum absolute atomic E-state index is 0.250. The summed E-state index contributed by atoms with van der Waals surface area (Å²) in [6, 6.07) is 7.37. The van der Waals surface area contributed by atoms with Crippen molar-refractivity contribution in [3.63, 3.8) is 0 Å². The van der Waals surface area contributed by atoms with Crippen molar-refractivity contribution in [1.29, 1.82) is 0 Å². The normalized spacial score (nSPS) is 17.9. The molecule has 1 aliphatic carbocycles. The predicted octanol–water partition coefficient (Wildman–Crippen LogP) is 3.53. The van der Waals surface area contributed by atoms with Crippen LogP contribution >= 0.6 is 11.6 Å². The molecule has 1 aliphatic rings. The van der Waals surface area contributed by atoms with Gasteiger partial charge in [0.05, 0.1) is 6.10 Å². The third-order valence-corrected chi connectivity index (χ3v) is 5.49. The van der Waals surface area contributed by atoms with Gasteiger partial charge in [0, 0.05) is 43.9 Å². The first kappa shape index (κ1) is 21.0. The van der Waals surface area contributed by atoms with E-state index in [0.717, 1.165) is 37.6 Å². The van der Waals surface area contributed by atoms with Gasteiger partial charge in [0.2, 0.25) is 0 Å². The third-order valence-electron chi connectivity index (χ3n) is 5.14. The molecule has 0 aliphatic heterocycles. The van der Waals surface area contributed by atoms with Crippen molar-refractivity contribution < 1.29 is 9.84 Å². The lowest BCUT2D eigenvalue weighted by Crippen LogP contribution is -2.40. The van der Waals surface area contributed by atoms with Crippen LogP contribution in [0.4, 0.5) is 0 Å². The number of guanidine groups is 1. The molecule has 2 rings (SSSR count). The quantitative estimate of drug-likeness (QED) is 0.452. The molecule has 0 aromatic heterocycles. The van der Waals surface area contributed by atoms with E-state index in [2.05, 4.69) is 10.6 Å². The number of aliphatic hydroxyl groups excluding tert-OH is 1. The Morgan fingerprint density at radius 3 is 2.69 bits per heavy atom. The van der Waals surface area contributed by atoms with Crippen LogP contribution in [0.1, 0.15) is 50.7 Å². The van der Waals surface area contributed by atoms with Gasteiger partial charge in [0.1, 0.15) is 0 Å². The molecule has 0 amide bonds. The minimum Gasteiger partial charge on any atom is -0.387 e. The number of methoxy groups -OCH3 is 1. The SMILES string of the molecule is CCNC(=NCC1(CCOC)CCCC1)NCC(O)c1ccccc1Cl. The molecule has 0 saturated heterocycles. The first-order valence-corrected chi connectivity index (χ1v) is 9.91. The topological polar surface area (TPSA) is 65.9 Å². The molecule has 0 bridgehead atoms. The van der Waals surface area contributed by atoms with Crippen LogP contribution in [0.15, 0.2) is 29.3 Å². The molecule has 146 valence electrons. The van der Waals surface area contributed by atoms with Gasteiger partial charge >= 0.3 is 0 Å². The second-order valence-corrected chi connectivity index (χ2v) is 7.47. The molecule has 1 atom stereocenters. The summed E-state index contributed by atoms with van der Waals surface area (Å²) < 4.78 is 5.30. The molecular weight excluding hydrogens is 350 g/mol. The van der Waals surface area contributed by atoms with E-state index in [1.54, 1.807) is 13.2 Å². The number of nitrogens with zero attached hydrogens (tertiary/aromatic N) is 1. The number of hydrogen-bond acceptors (Lipinski definition) is 3. The molecular formula is C20H32ClN3O2. The van der Waals surface area contributed by atoms with Crippen molar-refractivity contribution in [1.82, 2.24) is 10.6 Å². The summed E-state index contributed by atoms with van der Waals surface area (Å²) in [7, 11) is 1.76. The summed E-state index contributed by atoms with van der Waals surface area (Å²) >= 11 is 6.16. The molecule has 1 unspecified atom stereocenters. The van der Waals surface area contributed by atoms with E-state index in [-0.39, 0.29) is 5.41 Å². The molecule has 3 N–H and O–H groups in total. The van der Waals surface area contributed by atoms with Crippen LogP contribution < -0.4 is 10.6 Å². The maximum Gasteiger partial charge on any atom is 0.191 e. The van der Waals surface area contributed by atoms with Gasteiger partial charge in [-0.1, -0.05) is 42.6 Å². The lowest BCUT2D eigenvalue weighted by molar-refractivity contribution is 0.141. The highest BCUT2D eigenvalue weighted by Gasteiger charge is 2.33. The molecule has 0 heterocycles. The number of rotatable bonds is 9. The second-order valence-electron chi connectivity index (χ2n) is 7.06. The third kappa shape index (κ3) is 6.15. The van der Waals surface area contributed by atoms with Gasteiger partial charge in [-0.05, 0) is 37.7 Å². The average molecular weight is 382 g/mol. The van der Waals surface area contributed by atoms with Gasteiger partial charge in [0.15, 0.2) is 5.96 Å². The Labute approximate surface area is 162 Å². The van der Waals surface area contributed by atoms with Crippen LogP contribution in [0.25, 0.3) is 0 Å². The molecule has 1 fully saturated rings. The van der Waals surface area contributed by atoms with Gasteiger partial charge in [-0.25, -0.2) is 0 Å². The van der Waals surface area contributed by atoms with Crippen LogP contribution in [0.3, 0.4) is 0 Å². The maximum absolute atomic E-state index is 10.4. The van der Waals surface area contributed by atoms with E-state index in [9.17, 15) is 5.11 Å². The molecule has 6 heteroatoms. The van der Waals surface area contributed by atoms with Crippen molar-refractivity contribution in [2.45, 2.75) is 45.1 Å². The number of aliphatic hydroxyl groups is 1. The van der Waals surface area contributed by atoms with E-state index < -0.39 is 6.10 Å². The van der Waals surface area contributed by atoms with Gasteiger partial charge < -0.3 is 20.5 Å². The molecule has 1 aromatic rings. The second kappa shape index (κ2) is 10.8. The highest BCUT2D eigenvalue weighted by Crippen LogP contribution is 2.41. The summed E-state index contributed by atoms with van der Waals surface area (Å²) in [6.07, 6.45) is 5.34. The summed E-state index contributed by atoms with van der Waals surface area (Å²) in [4.78, 5) is 4.80. The largest absolute Gasteiger partial charge is 0.387 e. The summed E-state index contributed by atoms with van der Waals surface area (Å²) in [5.74, 6) is 0.738. The average Bonchev–Trinajstić information content (AvgIpc) is 3.11. The van der Waals surface area contributed by atoms with E-state index >= 15 is 0 Å². The standard InChI is InChI=1S/C20H32ClN3O2/c1-3-22-19(23-14-18(25)16-8-4-5-9-17(16)21)24-15-20(12-13-26-2)10-6-7-11-20/h4-5,8-9,18,25H,3,6-7,10-15H2,1-2H3,(H2,22,23,24). The number of benzene rings is 1. The predicted molar refractivity (Wildman–Crippen MR) is 108 cm³/mol. The van der Waals surface area contributed by atoms with E-state index in [4.69, 9.17) is 21.3 Å². The van der Waals surface area contributed by atoms with Crippen molar-refractivity contribution in [3.05, 3.63) is 34.9 Å². The van der Waals surface area contributed by atoms with Crippen LogP contribution in [0.2, 0.25) is 5.02 Å². The lowest BCUT2D eigenvalue weighted by atomic mass is 9.83. The molecule has 1 saturated carbocycles. The Morgan fingerprint density at radius 2 is 2.04 bits per heavy atom. The van der Waals surface area contributed by atoms with E-state index in [1.165, 1.54) is 25.7 Å². The Morgan fingerprint density at radius 1 is 1.31 bits per heavy atom. The Kier molecular flexibility index (Phi) is 8.69. The van der Waals surface area contributed by atoms with E-state index in [1.807, 2.05) is 25.1 Å². The Bertz CT molecular complexity index is 574. The zero-order valence-electron chi connectivity index (χ0n) is 15.9. The number of aliphatic imine (C=N–C) groups is 1. The highest BCUT2D eigenvalue weighted by atomic mass is 35.5.